The van der Waals surface area contributed by atoms with Crippen molar-refractivity contribution in [3.8, 4) is 11.8 Å². The van der Waals surface area contributed by atoms with Gasteiger partial charge in [-0.1, -0.05) is 41.4 Å². The number of halogens is 2. The Bertz CT molecular complexity index is 1220. The zero-order valence-corrected chi connectivity index (χ0v) is 19.3. The van der Waals surface area contributed by atoms with Crippen molar-refractivity contribution >= 4 is 52.1 Å². The highest BCUT2D eigenvalue weighted by Gasteiger charge is 2.14. The molecule has 1 amide bonds. The minimum absolute atomic E-state index is 0.0961. The van der Waals surface area contributed by atoms with E-state index in [4.69, 9.17) is 32.7 Å². The molecule has 3 rings (SSSR count). The number of fused-ring (bicyclic) bond motifs is 1. The molecule has 2 aromatic carbocycles. The lowest BCUT2D eigenvalue weighted by Crippen LogP contribution is -2.26. The van der Waals surface area contributed by atoms with Crippen LogP contribution in [0.4, 0.5) is 0 Å². The number of nitrogens with zero attached hydrogens (tertiary/aromatic N) is 1. The van der Waals surface area contributed by atoms with Crippen molar-refractivity contribution < 1.29 is 19.1 Å². The lowest BCUT2D eigenvalue weighted by Gasteiger charge is -2.10. The standard InChI is InChI=1S/C24H21Cl2N3O4/c1-2-32-22(30)14-33-23-19(25)10-15(11-20(23)26)9-17(12-27)24(31)28-8-7-16-13-29-21-6-4-3-5-18(16)21/h3-6,9-11,13,29H,2,7-8,14H2,1H3,(H,28,31)/b17-9-. The van der Waals surface area contributed by atoms with Gasteiger partial charge in [-0.25, -0.2) is 4.79 Å². The smallest absolute Gasteiger partial charge is 0.344 e. The minimum Gasteiger partial charge on any atom is -0.479 e. The highest BCUT2D eigenvalue weighted by Crippen LogP contribution is 2.35. The number of benzene rings is 2. The molecule has 9 heteroatoms. The number of rotatable bonds is 9. The highest BCUT2D eigenvalue weighted by atomic mass is 35.5. The molecule has 170 valence electrons. The summed E-state index contributed by atoms with van der Waals surface area (Å²) in [6, 6.07) is 12.8. The second-order valence-corrected chi connectivity index (χ2v) is 7.76. The summed E-state index contributed by atoms with van der Waals surface area (Å²) >= 11 is 12.4. The number of nitriles is 1. The van der Waals surface area contributed by atoms with Gasteiger partial charge in [0.2, 0.25) is 0 Å². The van der Waals surface area contributed by atoms with Crippen molar-refractivity contribution in [2.45, 2.75) is 13.3 Å². The van der Waals surface area contributed by atoms with Crippen LogP contribution in [0, 0.1) is 11.3 Å². The van der Waals surface area contributed by atoms with E-state index in [0.29, 0.717) is 18.5 Å². The summed E-state index contributed by atoms with van der Waals surface area (Å²) in [5.74, 6) is -0.942. The van der Waals surface area contributed by atoms with Crippen LogP contribution in [-0.2, 0) is 20.7 Å². The Kier molecular flexibility index (Phi) is 8.36. The van der Waals surface area contributed by atoms with Gasteiger partial charge in [0.1, 0.15) is 11.6 Å². The number of hydrogen-bond donors (Lipinski definition) is 2. The molecule has 0 aliphatic rings. The van der Waals surface area contributed by atoms with E-state index in [-0.39, 0.29) is 34.6 Å². The quantitative estimate of drug-likeness (QED) is 0.260. The van der Waals surface area contributed by atoms with Crippen LogP contribution >= 0.6 is 23.2 Å². The molecule has 0 bridgehead atoms. The number of nitrogens with one attached hydrogen (secondary N) is 2. The Hall–Kier alpha value is -3.47. The van der Waals surface area contributed by atoms with E-state index >= 15 is 0 Å². The monoisotopic (exact) mass is 485 g/mol. The summed E-state index contributed by atoms with van der Waals surface area (Å²) in [6.45, 7) is 1.94. The van der Waals surface area contributed by atoms with Gasteiger partial charge in [0.05, 0.1) is 16.7 Å². The summed E-state index contributed by atoms with van der Waals surface area (Å²) < 4.78 is 10.1. The Morgan fingerprint density at radius 1 is 1.21 bits per heavy atom. The van der Waals surface area contributed by atoms with Gasteiger partial charge in [-0.15, -0.1) is 0 Å². The van der Waals surface area contributed by atoms with E-state index in [1.54, 1.807) is 6.92 Å². The number of amides is 1. The lowest BCUT2D eigenvalue weighted by molar-refractivity contribution is -0.145. The first-order valence-electron chi connectivity index (χ1n) is 10.1. The average molecular weight is 486 g/mol. The van der Waals surface area contributed by atoms with Crippen LogP contribution in [-0.4, -0.2) is 36.6 Å². The maximum atomic E-state index is 12.5. The molecule has 0 saturated heterocycles. The van der Waals surface area contributed by atoms with Gasteiger partial charge in [-0.2, -0.15) is 5.26 Å². The van der Waals surface area contributed by atoms with Crippen LogP contribution in [0.25, 0.3) is 17.0 Å². The Morgan fingerprint density at radius 3 is 2.64 bits per heavy atom. The van der Waals surface area contributed by atoms with Gasteiger partial charge in [-0.3, -0.25) is 4.79 Å². The molecule has 0 spiro atoms. The van der Waals surface area contributed by atoms with Crippen molar-refractivity contribution in [2.75, 3.05) is 19.8 Å². The predicted octanol–water partition coefficient (Wildman–Crippen LogP) is 4.68. The molecule has 0 unspecified atom stereocenters. The zero-order chi connectivity index (χ0) is 23.8. The summed E-state index contributed by atoms with van der Waals surface area (Å²) in [5, 5.41) is 13.6. The summed E-state index contributed by atoms with van der Waals surface area (Å²) in [7, 11) is 0. The average Bonchev–Trinajstić information content (AvgIpc) is 3.20. The fourth-order valence-electron chi connectivity index (χ4n) is 3.19. The first-order valence-corrected chi connectivity index (χ1v) is 10.9. The number of para-hydroxylation sites is 1. The van der Waals surface area contributed by atoms with Crippen LogP contribution in [0.2, 0.25) is 10.0 Å². The molecular weight excluding hydrogens is 465 g/mol. The first-order chi connectivity index (χ1) is 15.9. The van der Waals surface area contributed by atoms with Gasteiger partial charge in [0.15, 0.2) is 12.4 Å². The molecule has 0 radical (unpaired) electrons. The molecule has 1 aromatic heterocycles. The van der Waals surface area contributed by atoms with E-state index < -0.39 is 11.9 Å². The van der Waals surface area contributed by atoms with Gasteiger partial charge < -0.3 is 19.8 Å². The fourth-order valence-corrected chi connectivity index (χ4v) is 3.81. The molecule has 2 N–H and O–H groups in total. The number of ether oxygens (including phenoxy) is 2. The largest absolute Gasteiger partial charge is 0.479 e. The third-order valence-electron chi connectivity index (χ3n) is 4.69. The van der Waals surface area contributed by atoms with Crippen LogP contribution < -0.4 is 10.1 Å². The number of aromatic nitrogens is 1. The van der Waals surface area contributed by atoms with E-state index in [0.717, 1.165) is 16.5 Å². The molecule has 0 saturated carbocycles. The molecule has 0 atom stereocenters. The Morgan fingerprint density at radius 2 is 1.94 bits per heavy atom. The topological polar surface area (TPSA) is 104 Å². The number of carbonyl (C=O) groups is 2. The summed E-state index contributed by atoms with van der Waals surface area (Å²) in [5.41, 5.74) is 2.45. The molecule has 33 heavy (non-hydrogen) atoms. The molecule has 3 aromatic rings. The number of H-pyrrole nitrogens is 1. The second kappa shape index (κ2) is 11.4. The number of aromatic amines is 1. The fraction of sp³-hybridized carbons (Fsp3) is 0.208. The molecule has 0 aliphatic heterocycles. The van der Waals surface area contributed by atoms with Crippen LogP contribution in [0.1, 0.15) is 18.1 Å². The van der Waals surface area contributed by atoms with Crippen LogP contribution in [0.3, 0.4) is 0 Å². The second-order valence-electron chi connectivity index (χ2n) is 6.94. The SMILES string of the molecule is CCOC(=O)COc1c(Cl)cc(/C=C(/C#N)C(=O)NCCc2c[nH]c3ccccc23)cc1Cl. The molecule has 0 aliphatic carbocycles. The van der Waals surface area contributed by atoms with E-state index in [1.165, 1.54) is 18.2 Å². The van der Waals surface area contributed by atoms with Gasteiger partial charge in [0, 0.05) is 23.6 Å². The van der Waals surface area contributed by atoms with E-state index in [9.17, 15) is 14.9 Å². The molecular formula is C24H21Cl2N3O4. The van der Waals surface area contributed by atoms with Crippen LogP contribution in [0.15, 0.2) is 48.2 Å². The van der Waals surface area contributed by atoms with Gasteiger partial charge >= 0.3 is 5.97 Å². The number of hydrogen-bond acceptors (Lipinski definition) is 5. The van der Waals surface area contributed by atoms with Crippen molar-refractivity contribution in [1.82, 2.24) is 10.3 Å². The van der Waals surface area contributed by atoms with Crippen molar-refractivity contribution in [1.29, 1.82) is 5.26 Å². The van der Waals surface area contributed by atoms with Gasteiger partial charge in [-0.05, 0) is 48.7 Å². The minimum atomic E-state index is -0.551. The van der Waals surface area contributed by atoms with Crippen molar-refractivity contribution in [3.63, 3.8) is 0 Å². The van der Waals surface area contributed by atoms with E-state index in [2.05, 4.69) is 10.3 Å². The zero-order valence-electron chi connectivity index (χ0n) is 17.8. The maximum absolute atomic E-state index is 12.5. The van der Waals surface area contributed by atoms with Crippen molar-refractivity contribution in [3.05, 3.63) is 69.3 Å². The van der Waals surface area contributed by atoms with E-state index in [1.807, 2.05) is 36.5 Å². The molecule has 1 heterocycles. The normalized spacial score (nSPS) is 11.2. The lowest BCUT2D eigenvalue weighted by atomic mass is 10.1. The third kappa shape index (κ3) is 6.28. The number of carbonyl (C=O) groups excluding carboxylic acids is 2. The predicted molar refractivity (Wildman–Crippen MR) is 127 cm³/mol. The summed E-state index contributed by atoms with van der Waals surface area (Å²) in [6.07, 6.45) is 3.90. The Balaban J connectivity index is 1.64. The van der Waals surface area contributed by atoms with Crippen molar-refractivity contribution in [2.24, 2.45) is 0 Å². The maximum Gasteiger partial charge on any atom is 0.344 e. The third-order valence-corrected chi connectivity index (χ3v) is 5.25. The van der Waals surface area contributed by atoms with Crippen LogP contribution in [0.5, 0.6) is 5.75 Å². The number of esters is 1. The summed E-state index contributed by atoms with van der Waals surface area (Å²) in [4.78, 5) is 27.2. The Labute approximate surface area is 200 Å². The molecule has 0 fully saturated rings. The molecule has 7 nitrogen and oxygen atoms in total. The van der Waals surface area contributed by atoms with Gasteiger partial charge in [0.25, 0.3) is 5.91 Å². The highest BCUT2D eigenvalue weighted by molar-refractivity contribution is 6.37. The first kappa shape index (κ1) is 24.2.